The number of carbonyl (C=O) groups is 3. The smallest absolute Gasteiger partial charge is 0.357 e. The lowest BCUT2D eigenvalue weighted by molar-refractivity contribution is -0.384. The van der Waals surface area contributed by atoms with Crippen LogP contribution in [0.1, 0.15) is 31.2 Å². The van der Waals surface area contributed by atoms with Gasteiger partial charge in [-0.15, -0.1) is 0 Å². The number of hydrogen-bond donors (Lipinski definition) is 1. The number of carbonyl (C=O) groups excluding carboxylic acids is 2. The minimum absolute atomic E-state index is 0.113. The summed E-state index contributed by atoms with van der Waals surface area (Å²) in [7, 11) is 2.20. The van der Waals surface area contributed by atoms with Gasteiger partial charge in [0.15, 0.2) is 5.69 Å². The third kappa shape index (κ3) is 3.83. The van der Waals surface area contributed by atoms with Crippen molar-refractivity contribution in [2.75, 3.05) is 14.2 Å². The van der Waals surface area contributed by atoms with Gasteiger partial charge in [-0.1, -0.05) is 18.2 Å². The number of nitro groups is 1. The molecule has 1 heterocycles. The van der Waals surface area contributed by atoms with Gasteiger partial charge in [0.05, 0.1) is 30.4 Å². The Kier molecular flexibility index (Phi) is 5.77. The van der Waals surface area contributed by atoms with E-state index in [2.05, 4.69) is 5.10 Å². The highest BCUT2D eigenvalue weighted by Gasteiger charge is 2.33. The summed E-state index contributed by atoms with van der Waals surface area (Å²) in [5, 5.41) is 25.0. The van der Waals surface area contributed by atoms with Crippen LogP contribution < -0.4 is 0 Å². The second kappa shape index (κ2) is 8.45. The van der Waals surface area contributed by atoms with Crippen LogP contribution in [0.4, 0.5) is 5.69 Å². The molecule has 0 atom stereocenters. The third-order valence-corrected chi connectivity index (χ3v) is 4.35. The third-order valence-electron chi connectivity index (χ3n) is 4.35. The maximum absolute atomic E-state index is 12.6. The Labute approximate surface area is 174 Å². The van der Waals surface area contributed by atoms with Crippen molar-refractivity contribution in [2.45, 2.75) is 0 Å². The molecule has 0 bridgehead atoms. The SMILES string of the molecule is COC(=O)c1c(-c2ccc([N+](=O)[O-])cc2C(=O)O)nn(-c2ccccc2)c1C(=O)OC. The van der Waals surface area contributed by atoms with E-state index in [0.29, 0.717) is 5.69 Å². The minimum Gasteiger partial charge on any atom is -0.478 e. The summed E-state index contributed by atoms with van der Waals surface area (Å²) in [5.41, 5.74) is -1.50. The Bertz CT molecular complexity index is 1200. The minimum atomic E-state index is -1.48. The number of para-hydroxylation sites is 1. The van der Waals surface area contributed by atoms with Gasteiger partial charge in [0.2, 0.25) is 0 Å². The molecular formula is C20H15N3O8. The molecule has 0 spiro atoms. The predicted molar refractivity (Wildman–Crippen MR) is 105 cm³/mol. The van der Waals surface area contributed by atoms with Gasteiger partial charge in [-0.2, -0.15) is 5.10 Å². The summed E-state index contributed by atoms with van der Waals surface area (Å²) in [6.45, 7) is 0. The number of aromatic carboxylic acids is 1. The van der Waals surface area contributed by atoms with Crippen molar-refractivity contribution >= 4 is 23.6 Å². The predicted octanol–water partition coefficient (Wildman–Crippen LogP) is 2.72. The van der Waals surface area contributed by atoms with E-state index in [1.54, 1.807) is 30.3 Å². The van der Waals surface area contributed by atoms with Gasteiger partial charge < -0.3 is 14.6 Å². The highest BCUT2D eigenvalue weighted by molar-refractivity contribution is 6.08. The Morgan fingerprint density at radius 3 is 2.23 bits per heavy atom. The molecule has 0 saturated heterocycles. The number of aromatic nitrogens is 2. The van der Waals surface area contributed by atoms with E-state index in [9.17, 15) is 29.6 Å². The number of carboxylic acid groups (broad SMARTS) is 1. The van der Waals surface area contributed by atoms with Crippen LogP contribution in [-0.2, 0) is 9.47 Å². The molecule has 1 aromatic heterocycles. The topological polar surface area (TPSA) is 151 Å². The first kappa shape index (κ1) is 21.2. The Morgan fingerprint density at radius 1 is 1.03 bits per heavy atom. The molecule has 31 heavy (non-hydrogen) atoms. The van der Waals surface area contributed by atoms with E-state index in [4.69, 9.17) is 9.47 Å². The fourth-order valence-electron chi connectivity index (χ4n) is 2.97. The first-order chi connectivity index (χ1) is 14.8. The lowest BCUT2D eigenvalue weighted by Gasteiger charge is -2.07. The van der Waals surface area contributed by atoms with Crippen LogP contribution in [0.2, 0.25) is 0 Å². The van der Waals surface area contributed by atoms with E-state index >= 15 is 0 Å². The molecule has 0 saturated carbocycles. The number of carboxylic acids is 1. The van der Waals surface area contributed by atoms with Gasteiger partial charge in [0.1, 0.15) is 11.3 Å². The largest absolute Gasteiger partial charge is 0.478 e. The quantitative estimate of drug-likeness (QED) is 0.357. The van der Waals surface area contributed by atoms with E-state index in [1.165, 1.54) is 0 Å². The van der Waals surface area contributed by atoms with Crippen molar-refractivity contribution in [1.29, 1.82) is 0 Å². The number of nitro benzene ring substituents is 1. The molecule has 11 nitrogen and oxygen atoms in total. The monoisotopic (exact) mass is 425 g/mol. The van der Waals surface area contributed by atoms with E-state index in [1.807, 2.05) is 0 Å². The van der Waals surface area contributed by atoms with Crippen LogP contribution in [-0.4, -0.2) is 51.9 Å². The molecule has 0 radical (unpaired) electrons. The van der Waals surface area contributed by atoms with Crippen molar-refractivity contribution in [1.82, 2.24) is 9.78 Å². The number of nitrogens with zero attached hydrogens (tertiary/aromatic N) is 3. The molecule has 2 aromatic carbocycles. The molecule has 158 valence electrons. The highest BCUT2D eigenvalue weighted by Crippen LogP contribution is 2.33. The standard InChI is InChI=1S/C20H15N3O8/c1-30-19(26)15-16(13-9-8-12(23(28)29)10-14(13)18(24)25)21-22(17(15)20(27)31-2)11-6-4-3-5-7-11/h3-10H,1-2H3,(H,24,25). The van der Waals surface area contributed by atoms with Crippen LogP contribution in [0.3, 0.4) is 0 Å². The van der Waals surface area contributed by atoms with Crippen molar-refractivity contribution in [3.8, 4) is 16.9 Å². The Morgan fingerprint density at radius 2 is 1.68 bits per heavy atom. The van der Waals surface area contributed by atoms with Crippen molar-refractivity contribution in [2.24, 2.45) is 0 Å². The van der Waals surface area contributed by atoms with Gasteiger partial charge in [0.25, 0.3) is 5.69 Å². The molecule has 3 rings (SSSR count). The molecule has 0 aliphatic carbocycles. The van der Waals surface area contributed by atoms with Crippen LogP contribution in [0, 0.1) is 10.1 Å². The second-order valence-corrected chi connectivity index (χ2v) is 6.09. The number of rotatable bonds is 6. The van der Waals surface area contributed by atoms with Crippen LogP contribution in [0.25, 0.3) is 16.9 Å². The van der Waals surface area contributed by atoms with Gasteiger partial charge in [-0.05, 0) is 18.2 Å². The number of ether oxygens (including phenoxy) is 2. The zero-order chi connectivity index (χ0) is 22.7. The molecule has 1 N–H and O–H groups in total. The lowest BCUT2D eigenvalue weighted by atomic mass is 9.99. The van der Waals surface area contributed by atoms with Crippen molar-refractivity contribution < 1.29 is 33.9 Å². The van der Waals surface area contributed by atoms with Crippen molar-refractivity contribution in [3.63, 3.8) is 0 Å². The van der Waals surface area contributed by atoms with Gasteiger partial charge in [-0.3, -0.25) is 10.1 Å². The second-order valence-electron chi connectivity index (χ2n) is 6.09. The summed E-state index contributed by atoms with van der Waals surface area (Å²) >= 11 is 0. The normalized spacial score (nSPS) is 10.4. The van der Waals surface area contributed by atoms with Crippen LogP contribution in [0.5, 0.6) is 0 Å². The first-order valence-electron chi connectivity index (χ1n) is 8.67. The van der Waals surface area contributed by atoms with Gasteiger partial charge >= 0.3 is 17.9 Å². The molecule has 0 amide bonds. The number of methoxy groups -OCH3 is 2. The van der Waals surface area contributed by atoms with E-state index in [0.717, 1.165) is 37.1 Å². The molecule has 3 aromatic rings. The summed E-state index contributed by atoms with van der Waals surface area (Å²) in [5.74, 6) is -3.36. The average Bonchev–Trinajstić information content (AvgIpc) is 3.18. The summed E-state index contributed by atoms with van der Waals surface area (Å²) < 4.78 is 10.7. The summed E-state index contributed by atoms with van der Waals surface area (Å²) in [4.78, 5) is 47.3. The van der Waals surface area contributed by atoms with Crippen molar-refractivity contribution in [3.05, 3.63) is 75.5 Å². The summed E-state index contributed by atoms with van der Waals surface area (Å²) in [6, 6.07) is 11.4. The maximum atomic E-state index is 12.6. The van der Waals surface area contributed by atoms with Crippen LogP contribution in [0.15, 0.2) is 48.5 Å². The fraction of sp³-hybridized carbons (Fsp3) is 0.100. The van der Waals surface area contributed by atoms with Crippen LogP contribution >= 0.6 is 0 Å². The Hall–Kier alpha value is -4.54. The maximum Gasteiger partial charge on any atom is 0.357 e. The molecule has 0 fully saturated rings. The number of hydrogen-bond acceptors (Lipinski definition) is 8. The number of non-ortho nitro benzene ring substituents is 1. The zero-order valence-electron chi connectivity index (χ0n) is 16.3. The number of esters is 2. The zero-order valence-corrected chi connectivity index (χ0v) is 16.3. The van der Waals surface area contributed by atoms with E-state index in [-0.39, 0.29) is 22.5 Å². The number of benzene rings is 2. The molecular weight excluding hydrogens is 410 g/mol. The molecule has 11 heteroatoms. The van der Waals surface area contributed by atoms with E-state index < -0.39 is 34.1 Å². The molecule has 0 aliphatic heterocycles. The Balaban J connectivity index is 2.42. The first-order valence-corrected chi connectivity index (χ1v) is 8.67. The van der Waals surface area contributed by atoms with Gasteiger partial charge in [-0.25, -0.2) is 19.1 Å². The highest BCUT2D eigenvalue weighted by atomic mass is 16.6. The van der Waals surface area contributed by atoms with Gasteiger partial charge in [0, 0.05) is 17.7 Å². The lowest BCUT2D eigenvalue weighted by Crippen LogP contribution is -2.15. The average molecular weight is 425 g/mol. The summed E-state index contributed by atoms with van der Waals surface area (Å²) in [6.07, 6.45) is 0. The fourth-order valence-corrected chi connectivity index (χ4v) is 2.97. The molecule has 0 aliphatic rings. The molecule has 0 unspecified atom stereocenters.